The maximum absolute atomic E-state index is 13.0. The second-order valence-electron chi connectivity index (χ2n) is 8.77. The predicted octanol–water partition coefficient (Wildman–Crippen LogP) is 6.03. The average Bonchev–Trinajstić information content (AvgIpc) is 3.34. The highest BCUT2D eigenvalue weighted by Crippen LogP contribution is 2.31. The van der Waals surface area contributed by atoms with Gasteiger partial charge in [0.2, 0.25) is 5.76 Å². The average molecular weight is 544 g/mol. The molecular formula is C28H24F3NO5S. The van der Waals surface area contributed by atoms with Crippen molar-refractivity contribution in [3.05, 3.63) is 114 Å². The number of benzene rings is 3. The summed E-state index contributed by atoms with van der Waals surface area (Å²) in [4.78, 5) is 12.8. The van der Waals surface area contributed by atoms with E-state index >= 15 is 0 Å². The van der Waals surface area contributed by atoms with Crippen LogP contribution < -0.4 is 0 Å². The summed E-state index contributed by atoms with van der Waals surface area (Å²) in [5, 5.41) is 8.88. The Morgan fingerprint density at radius 1 is 0.789 bits per heavy atom. The highest BCUT2D eigenvalue weighted by molar-refractivity contribution is 7.92. The molecule has 0 atom stereocenters. The second kappa shape index (κ2) is 11.2. The Morgan fingerprint density at radius 3 is 2.05 bits per heavy atom. The van der Waals surface area contributed by atoms with Crippen molar-refractivity contribution in [2.75, 3.05) is 5.75 Å². The number of hydrogen-bond acceptors (Lipinski definition) is 5. The predicted molar refractivity (Wildman–Crippen MR) is 135 cm³/mol. The van der Waals surface area contributed by atoms with E-state index in [9.17, 15) is 26.4 Å². The van der Waals surface area contributed by atoms with Crippen LogP contribution in [-0.2, 0) is 40.4 Å². The minimum absolute atomic E-state index is 0.0767. The van der Waals surface area contributed by atoms with Gasteiger partial charge in [-0.2, -0.15) is 13.2 Å². The Kier molecular flexibility index (Phi) is 8.03. The Hall–Kier alpha value is -3.89. The number of halogens is 3. The SMILES string of the molecule is O=C(O)CS(=O)(=O)c1cccc(-c2ccc(CN(Cc3ccccc3)Cc3ccc(C(F)(F)F)o3)cc2)c1. The Balaban J connectivity index is 1.53. The number of carbonyl (C=O) groups is 1. The van der Waals surface area contributed by atoms with Crippen LogP contribution >= 0.6 is 0 Å². The normalized spacial score (nSPS) is 12.1. The highest BCUT2D eigenvalue weighted by Gasteiger charge is 2.34. The Bertz CT molecular complexity index is 1500. The van der Waals surface area contributed by atoms with Crippen molar-refractivity contribution in [1.82, 2.24) is 4.90 Å². The first-order valence-corrected chi connectivity index (χ1v) is 13.2. The molecule has 0 bridgehead atoms. The molecule has 0 spiro atoms. The maximum atomic E-state index is 13.0. The third kappa shape index (κ3) is 7.11. The van der Waals surface area contributed by atoms with Gasteiger partial charge in [-0.3, -0.25) is 9.69 Å². The number of rotatable bonds is 10. The van der Waals surface area contributed by atoms with Crippen LogP contribution in [0.3, 0.4) is 0 Å². The van der Waals surface area contributed by atoms with Crippen LogP contribution in [0.2, 0.25) is 0 Å². The Morgan fingerprint density at radius 2 is 1.45 bits per heavy atom. The third-order valence-electron chi connectivity index (χ3n) is 5.77. The number of carboxylic acid groups (broad SMARTS) is 1. The molecule has 3 aromatic carbocycles. The minimum Gasteiger partial charge on any atom is -0.480 e. The fourth-order valence-electron chi connectivity index (χ4n) is 4.02. The second-order valence-corrected chi connectivity index (χ2v) is 10.8. The van der Waals surface area contributed by atoms with Crippen LogP contribution in [0.25, 0.3) is 11.1 Å². The molecule has 1 heterocycles. The number of alkyl halides is 3. The van der Waals surface area contributed by atoms with E-state index in [1.165, 1.54) is 18.2 Å². The lowest BCUT2D eigenvalue weighted by atomic mass is 10.0. The van der Waals surface area contributed by atoms with Crippen molar-refractivity contribution in [3.8, 4) is 11.1 Å². The van der Waals surface area contributed by atoms with Crippen molar-refractivity contribution in [2.45, 2.75) is 30.7 Å². The van der Waals surface area contributed by atoms with E-state index in [-0.39, 0.29) is 17.2 Å². The van der Waals surface area contributed by atoms with Gasteiger partial charge in [-0.1, -0.05) is 66.7 Å². The number of nitrogens with zero attached hydrogens (tertiary/aromatic N) is 1. The van der Waals surface area contributed by atoms with E-state index in [0.717, 1.165) is 22.8 Å². The molecule has 1 aromatic heterocycles. The summed E-state index contributed by atoms with van der Waals surface area (Å²) in [5.74, 6) is -3.26. The molecule has 4 rings (SSSR count). The molecule has 1 N–H and O–H groups in total. The molecule has 0 aliphatic heterocycles. The van der Waals surface area contributed by atoms with E-state index in [1.807, 2.05) is 59.5 Å². The molecule has 0 aliphatic rings. The largest absolute Gasteiger partial charge is 0.480 e. The molecule has 0 saturated carbocycles. The molecule has 10 heteroatoms. The van der Waals surface area contributed by atoms with Crippen LogP contribution in [0, 0.1) is 0 Å². The van der Waals surface area contributed by atoms with E-state index in [2.05, 4.69) is 0 Å². The van der Waals surface area contributed by atoms with Crippen molar-refractivity contribution in [2.24, 2.45) is 0 Å². The number of aliphatic carboxylic acids is 1. The maximum Gasteiger partial charge on any atom is 0.449 e. The molecule has 0 radical (unpaired) electrons. The van der Waals surface area contributed by atoms with Gasteiger partial charge in [0.15, 0.2) is 15.6 Å². The number of carboxylic acids is 1. The highest BCUT2D eigenvalue weighted by atomic mass is 32.2. The zero-order valence-electron chi connectivity index (χ0n) is 20.1. The minimum atomic E-state index is -4.55. The molecule has 6 nitrogen and oxygen atoms in total. The van der Waals surface area contributed by atoms with E-state index in [0.29, 0.717) is 18.7 Å². The molecule has 38 heavy (non-hydrogen) atoms. The van der Waals surface area contributed by atoms with Gasteiger partial charge in [0, 0.05) is 13.1 Å². The van der Waals surface area contributed by atoms with Gasteiger partial charge in [-0.05, 0) is 46.5 Å². The van der Waals surface area contributed by atoms with Gasteiger partial charge in [-0.25, -0.2) is 8.42 Å². The summed E-state index contributed by atoms with van der Waals surface area (Å²) in [5.41, 5.74) is 3.23. The summed E-state index contributed by atoms with van der Waals surface area (Å²) >= 11 is 0. The summed E-state index contributed by atoms with van der Waals surface area (Å²) in [6.45, 7) is 1.06. The van der Waals surface area contributed by atoms with Gasteiger partial charge >= 0.3 is 12.1 Å². The molecule has 4 aromatic rings. The standard InChI is InChI=1S/C28H24F3NO5S/c29-28(30,31)26-14-13-24(37-26)18-32(16-20-5-2-1-3-6-20)17-21-9-11-22(12-10-21)23-7-4-8-25(15-23)38(35,36)19-27(33)34/h1-15H,16-19H2,(H,33,34). The fourth-order valence-corrected chi connectivity index (χ4v) is 5.10. The van der Waals surface area contributed by atoms with E-state index < -0.39 is 33.5 Å². The number of furan rings is 1. The van der Waals surface area contributed by atoms with Gasteiger partial charge in [0.25, 0.3) is 0 Å². The molecule has 198 valence electrons. The molecule has 0 amide bonds. The molecular weight excluding hydrogens is 519 g/mol. The van der Waals surface area contributed by atoms with E-state index in [4.69, 9.17) is 9.52 Å². The summed E-state index contributed by atoms with van der Waals surface area (Å²) in [7, 11) is -3.97. The number of hydrogen-bond donors (Lipinski definition) is 1. The van der Waals surface area contributed by atoms with Crippen LogP contribution in [0.1, 0.15) is 22.6 Å². The topological polar surface area (TPSA) is 87.8 Å². The van der Waals surface area contributed by atoms with Gasteiger partial charge in [0.1, 0.15) is 5.76 Å². The Labute approximate surface area is 217 Å². The summed E-state index contributed by atoms with van der Waals surface area (Å²) in [6, 6.07) is 25.2. The quantitative estimate of drug-likeness (QED) is 0.263. The van der Waals surface area contributed by atoms with Crippen molar-refractivity contribution in [3.63, 3.8) is 0 Å². The molecule has 0 fully saturated rings. The zero-order valence-corrected chi connectivity index (χ0v) is 20.9. The van der Waals surface area contributed by atoms with Crippen molar-refractivity contribution in [1.29, 1.82) is 0 Å². The van der Waals surface area contributed by atoms with Crippen LogP contribution in [0.15, 0.2) is 100 Å². The lowest BCUT2D eigenvalue weighted by molar-refractivity contribution is -0.153. The first kappa shape index (κ1) is 27.2. The van der Waals surface area contributed by atoms with Crippen molar-refractivity contribution < 1.29 is 35.9 Å². The molecule has 0 aliphatic carbocycles. The lowest BCUT2D eigenvalue weighted by Gasteiger charge is -2.22. The first-order chi connectivity index (χ1) is 18.0. The lowest BCUT2D eigenvalue weighted by Crippen LogP contribution is -2.22. The molecule has 0 saturated heterocycles. The van der Waals surface area contributed by atoms with Crippen LogP contribution in [0.5, 0.6) is 0 Å². The summed E-state index contributed by atoms with van der Waals surface area (Å²) in [6.07, 6.45) is -4.55. The van der Waals surface area contributed by atoms with Gasteiger partial charge in [-0.15, -0.1) is 0 Å². The van der Waals surface area contributed by atoms with Gasteiger partial charge < -0.3 is 9.52 Å². The molecule has 0 unspecified atom stereocenters. The fraction of sp³-hybridized carbons (Fsp3) is 0.179. The first-order valence-electron chi connectivity index (χ1n) is 11.6. The third-order valence-corrected chi connectivity index (χ3v) is 7.37. The zero-order chi connectivity index (χ0) is 27.3. The smallest absolute Gasteiger partial charge is 0.449 e. The van der Waals surface area contributed by atoms with Crippen molar-refractivity contribution >= 4 is 15.8 Å². The van der Waals surface area contributed by atoms with Gasteiger partial charge in [0.05, 0.1) is 11.4 Å². The number of sulfone groups is 1. The monoisotopic (exact) mass is 543 g/mol. The summed E-state index contributed by atoms with van der Waals surface area (Å²) < 4.78 is 68.6. The van der Waals surface area contributed by atoms with E-state index in [1.54, 1.807) is 12.1 Å². The van der Waals surface area contributed by atoms with Crippen LogP contribution in [0.4, 0.5) is 13.2 Å². The van der Waals surface area contributed by atoms with Crippen LogP contribution in [-0.4, -0.2) is 30.1 Å².